The topological polar surface area (TPSA) is 49.4 Å². The lowest BCUT2D eigenvalue weighted by molar-refractivity contribution is 0.584. The molecule has 0 atom stereocenters. The van der Waals surface area contributed by atoms with Gasteiger partial charge in [0.05, 0.1) is 11.4 Å². The summed E-state index contributed by atoms with van der Waals surface area (Å²) in [6.07, 6.45) is 4.17. The van der Waals surface area contributed by atoms with E-state index in [0.717, 1.165) is 24.2 Å². The van der Waals surface area contributed by atoms with E-state index in [0.29, 0.717) is 12.5 Å². The summed E-state index contributed by atoms with van der Waals surface area (Å²) in [4.78, 5) is 0. The quantitative estimate of drug-likeness (QED) is 0.749. The number of rotatable bonds is 8. The van der Waals surface area contributed by atoms with Crippen molar-refractivity contribution in [2.75, 3.05) is 23.7 Å². The molecule has 1 saturated carbocycles. The molecule has 0 radical (unpaired) electrons. The molecule has 1 fully saturated rings. The summed E-state index contributed by atoms with van der Waals surface area (Å²) in [6, 6.07) is 8.26. The van der Waals surface area contributed by atoms with Crippen LogP contribution in [-0.2, 0) is 10.0 Å². The van der Waals surface area contributed by atoms with E-state index in [-0.39, 0.29) is 5.75 Å². The molecular formula is C15H24N2O2S. The van der Waals surface area contributed by atoms with E-state index in [4.69, 9.17) is 0 Å². The smallest absolute Gasteiger partial charge is 0.234 e. The van der Waals surface area contributed by atoms with Gasteiger partial charge in [-0.2, -0.15) is 0 Å². The molecule has 0 heterocycles. The maximum Gasteiger partial charge on any atom is 0.234 e. The van der Waals surface area contributed by atoms with Crippen molar-refractivity contribution in [1.29, 1.82) is 0 Å². The van der Waals surface area contributed by atoms with Crippen molar-refractivity contribution in [3.05, 3.63) is 29.8 Å². The van der Waals surface area contributed by atoms with Crippen LogP contribution in [0, 0.1) is 6.92 Å². The molecule has 1 aliphatic rings. The molecule has 0 amide bonds. The number of anilines is 1. The minimum Gasteiger partial charge on any atom is -0.314 e. The monoisotopic (exact) mass is 296 g/mol. The molecule has 0 aromatic heterocycles. The number of nitrogens with zero attached hydrogens (tertiary/aromatic N) is 1. The predicted molar refractivity (Wildman–Crippen MR) is 83.6 cm³/mol. The van der Waals surface area contributed by atoms with Crippen LogP contribution in [0.2, 0.25) is 0 Å². The first-order chi connectivity index (χ1) is 9.49. The second-order valence-corrected chi connectivity index (χ2v) is 7.67. The largest absolute Gasteiger partial charge is 0.314 e. The minimum absolute atomic E-state index is 0.212. The highest BCUT2D eigenvalue weighted by molar-refractivity contribution is 7.92. The lowest BCUT2D eigenvalue weighted by Gasteiger charge is -2.19. The molecule has 1 aliphatic carbocycles. The average Bonchev–Trinajstić information content (AvgIpc) is 3.22. The summed E-state index contributed by atoms with van der Waals surface area (Å²) in [6.45, 7) is 2.92. The summed E-state index contributed by atoms with van der Waals surface area (Å²) in [5.41, 5.74) is 1.86. The Morgan fingerprint density at radius 1 is 1.20 bits per heavy atom. The van der Waals surface area contributed by atoms with Crippen molar-refractivity contribution in [2.45, 2.75) is 38.6 Å². The maximum atomic E-state index is 12.2. The molecule has 112 valence electrons. The molecule has 1 aromatic carbocycles. The van der Waals surface area contributed by atoms with Gasteiger partial charge in [0, 0.05) is 13.1 Å². The van der Waals surface area contributed by atoms with Gasteiger partial charge < -0.3 is 5.32 Å². The number of unbranched alkanes of at least 4 members (excludes halogenated alkanes) is 1. The van der Waals surface area contributed by atoms with Crippen molar-refractivity contribution in [2.24, 2.45) is 0 Å². The average molecular weight is 296 g/mol. The lowest BCUT2D eigenvalue weighted by Crippen LogP contribution is -2.29. The molecule has 0 bridgehead atoms. The zero-order valence-electron chi connectivity index (χ0n) is 12.3. The summed E-state index contributed by atoms with van der Waals surface area (Å²) in [5, 5.41) is 3.40. The van der Waals surface area contributed by atoms with Crippen LogP contribution in [0.3, 0.4) is 0 Å². The van der Waals surface area contributed by atoms with E-state index in [1.807, 2.05) is 31.2 Å². The number of nitrogens with one attached hydrogen (secondary N) is 1. The van der Waals surface area contributed by atoms with Crippen molar-refractivity contribution in [3.63, 3.8) is 0 Å². The van der Waals surface area contributed by atoms with E-state index in [2.05, 4.69) is 5.32 Å². The number of sulfonamides is 1. The predicted octanol–water partition coefficient (Wildman–Crippen LogP) is 2.29. The lowest BCUT2D eigenvalue weighted by atomic mass is 10.2. The van der Waals surface area contributed by atoms with E-state index >= 15 is 0 Å². The summed E-state index contributed by atoms with van der Waals surface area (Å²) >= 11 is 0. The van der Waals surface area contributed by atoms with Crippen LogP contribution < -0.4 is 9.62 Å². The maximum absolute atomic E-state index is 12.2. The molecule has 5 heteroatoms. The Morgan fingerprint density at radius 2 is 1.85 bits per heavy atom. The third-order valence-corrected chi connectivity index (χ3v) is 5.50. The zero-order valence-corrected chi connectivity index (χ0v) is 13.1. The number of aryl methyl sites for hydroxylation is 1. The Morgan fingerprint density at radius 3 is 2.45 bits per heavy atom. The highest BCUT2D eigenvalue weighted by atomic mass is 32.2. The van der Waals surface area contributed by atoms with Gasteiger partial charge in [-0.05, 0) is 51.3 Å². The number of hydrogen-bond acceptors (Lipinski definition) is 3. The third kappa shape index (κ3) is 4.49. The van der Waals surface area contributed by atoms with E-state index in [9.17, 15) is 8.42 Å². The van der Waals surface area contributed by atoms with Crippen LogP contribution in [0.1, 0.15) is 31.2 Å². The fraction of sp³-hybridized carbons (Fsp3) is 0.600. The van der Waals surface area contributed by atoms with Crippen LogP contribution >= 0.6 is 0 Å². The van der Waals surface area contributed by atoms with Gasteiger partial charge >= 0.3 is 0 Å². The summed E-state index contributed by atoms with van der Waals surface area (Å²) < 4.78 is 25.9. The van der Waals surface area contributed by atoms with E-state index in [1.54, 1.807) is 7.05 Å². The van der Waals surface area contributed by atoms with Gasteiger partial charge in [-0.1, -0.05) is 17.7 Å². The highest BCUT2D eigenvalue weighted by Crippen LogP contribution is 2.19. The van der Waals surface area contributed by atoms with Gasteiger partial charge in [0.25, 0.3) is 0 Å². The normalized spacial score (nSPS) is 15.3. The number of benzene rings is 1. The van der Waals surface area contributed by atoms with Crippen LogP contribution in [0.4, 0.5) is 5.69 Å². The Kier molecular flexibility index (Phi) is 5.05. The van der Waals surface area contributed by atoms with Gasteiger partial charge in [-0.25, -0.2) is 8.42 Å². The standard InChI is InChI=1S/C15H24N2O2S/c1-13-5-9-15(10-6-13)17(2)20(18,19)12-4-3-11-16-14-7-8-14/h5-6,9-10,14,16H,3-4,7-8,11-12H2,1-2H3. The fourth-order valence-electron chi connectivity index (χ4n) is 2.06. The summed E-state index contributed by atoms with van der Waals surface area (Å²) in [5.74, 6) is 0.212. The zero-order chi connectivity index (χ0) is 14.6. The Balaban J connectivity index is 1.80. The molecule has 0 unspecified atom stereocenters. The second-order valence-electron chi connectivity index (χ2n) is 5.55. The van der Waals surface area contributed by atoms with Crippen LogP contribution in [0.15, 0.2) is 24.3 Å². The molecule has 1 N–H and O–H groups in total. The molecule has 0 saturated heterocycles. The van der Waals surface area contributed by atoms with Crippen molar-refractivity contribution < 1.29 is 8.42 Å². The van der Waals surface area contributed by atoms with Crippen molar-refractivity contribution in [3.8, 4) is 0 Å². The van der Waals surface area contributed by atoms with Crippen LogP contribution in [0.5, 0.6) is 0 Å². The molecule has 0 aliphatic heterocycles. The molecule has 1 aromatic rings. The van der Waals surface area contributed by atoms with Crippen LogP contribution in [-0.4, -0.2) is 33.8 Å². The van der Waals surface area contributed by atoms with E-state index in [1.165, 1.54) is 17.1 Å². The van der Waals surface area contributed by atoms with Crippen molar-refractivity contribution in [1.82, 2.24) is 5.32 Å². The molecule has 0 spiro atoms. The Hall–Kier alpha value is -1.07. The van der Waals surface area contributed by atoms with Crippen LogP contribution in [0.25, 0.3) is 0 Å². The molecule has 4 nitrogen and oxygen atoms in total. The molecule has 2 rings (SSSR count). The highest BCUT2D eigenvalue weighted by Gasteiger charge is 2.20. The number of hydrogen-bond donors (Lipinski definition) is 1. The molecule has 20 heavy (non-hydrogen) atoms. The van der Waals surface area contributed by atoms with Gasteiger partial charge in [0.2, 0.25) is 10.0 Å². The SMILES string of the molecule is Cc1ccc(N(C)S(=O)(=O)CCCCNC2CC2)cc1. The van der Waals surface area contributed by atoms with Gasteiger partial charge in [-0.3, -0.25) is 4.31 Å². The van der Waals surface area contributed by atoms with Gasteiger partial charge in [0.15, 0.2) is 0 Å². The van der Waals surface area contributed by atoms with Crippen molar-refractivity contribution >= 4 is 15.7 Å². The van der Waals surface area contributed by atoms with Gasteiger partial charge in [0.1, 0.15) is 0 Å². The summed E-state index contributed by atoms with van der Waals surface area (Å²) in [7, 11) is -1.58. The first kappa shape index (κ1) is 15.3. The Bertz CT molecular complexity index is 521. The fourth-order valence-corrected chi connectivity index (χ4v) is 3.34. The molecular weight excluding hydrogens is 272 g/mol. The second kappa shape index (κ2) is 6.59. The first-order valence-corrected chi connectivity index (χ1v) is 8.86. The first-order valence-electron chi connectivity index (χ1n) is 7.26. The Labute approximate surface area is 122 Å². The van der Waals surface area contributed by atoms with E-state index < -0.39 is 10.0 Å². The van der Waals surface area contributed by atoms with Gasteiger partial charge in [-0.15, -0.1) is 0 Å². The third-order valence-electron chi connectivity index (χ3n) is 3.65. The minimum atomic E-state index is -3.21.